The summed E-state index contributed by atoms with van der Waals surface area (Å²) >= 11 is 0. The fourth-order valence-electron chi connectivity index (χ4n) is 4.00. The summed E-state index contributed by atoms with van der Waals surface area (Å²) < 4.78 is 0. The van der Waals surface area contributed by atoms with Crippen molar-refractivity contribution in [1.29, 1.82) is 0 Å². The second-order valence-electron chi connectivity index (χ2n) is 8.49. The van der Waals surface area contributed by atoms with Crippen LogP contribution in [0.15, 0.2) is 67.3 Å². The number of pyridine rings is 2. The zero-order valence-corrected chi connectivity index (χ0v) is 20.1. The number of urea groups is 1. The lowest BCUT2D eigenvalue weighted by molar-refractivity contribution is -0.136. The van der Waals surface area contributed by atoms with Gasteiger partial charge in [0.25, 0.3) is 5.91 Å². The first-order valence-corrected chi connectivity index (χ1v) is 11.7. The van der Waals surface area contributed by atoms with Gasteiger partial charge in [0, 0.05) is 43.7 Å². The van der Waals surface area contributed by atoms with Crippen LogP contribution in [0.1, 0.15) is 44.7 Å². The fourth-order valence-corrected chi connectivity index (χ4v) is 4.00. The number of carboxylic acids is 1. The number of carbonyl (C=O) groups excluding carboxylic acids is 4. The molecule has 1 aromatic carbocycles. The third kappa shape index (κ3) is 6.35. The molecule has 2 aliphatic heterocycles. The quantitative estimate of drug-likeness (QED) is 0.373. The van der Waals surface area contributed by atoms with Gasteiger partial charge in [-0.1, -0.05) is 12.1 Å². The van der Waals surface area contributed by atoms with E-state index in [4.69, 9.17) is 5.11 Å². The molecule has 194 valence electrons. The van der Waals surface area contributed by atoms with Crippen LogP contribution >= 0.6 is 0 Å². The summed E-state index contributed by atoms with van der Waals surface area (Å²) in [6.07, 6.45) is 6.54. The summed E-state index contributed by atoms with van der Waals surface area (Å²) in [6.45, 7) is 0.570. The van der Waals surface area contributed by atoms with Crippen LogP contribution < -0.4 is 16.0 Å². The molecule has 12 heteroatoms. The van der Waals surface area contributed by atoms with Crippen molar-refractivity contribution < 1.29 is 29.1 Å². The van der Waals surface area contributed by atoms with Crippen LogP contribution in [0.2, 0.25) is 0 Å². The molecule has 0 aliphatic carbocycles. The Hall–Kier alpha value is -5.13. The molecule has 1 atom stereocenters. The van der Waals surface area contributed by atoms with Gasteiger partial charge in [-0.05, 0) is 47.9 Å². The van der Waals surface area contributed by atoms with Gasteiger partial charge in [0.1, 0.15) is 6.04 Å². The number of hydrogen-bond donors (Lipinski definition) is 4. The predicted octanol–water partition coefficient (Wildman–Crippen LogP) is 1.94. The maximum absolute atomic E-state index is 12.8. The summed E-state index contributed by atoms with van der Waals surface area (Å²) in [4.78, 5) is 67.5. The van der Waals surface area contributed by atoms with Crippen molar-refractivity contribution >= 4 is 35.4 Å². The van der Waals surface area contributed by atoms with Crippen molar-refractivity contribution in [3.8, 4) is 0 Å². The lowest BCUT2D eigenvalue weighted by Crippen LogP contribution is -2.52. The first-order chi connectivity index (χ1) is 18.3. The van der Waals surface area contributed by atoms with Gasteiger partial charge in [-0.15, -0.1) is 0 Å². The Balaban J connectivity index is 0.000000317. The third-order valence-corrected chi connectivity index (χ3v) is 5.87. The molecule has 3 aromatic rings. The highest BCUT2D eigenvalue weighted by molar-refractivity contribution is 6.05. The van der Waals surface area contributed by atoms with Gasteiger partial charge in [0.05, 0.1) is 17.4 Å². The van der Waals surface area contributed by atoms with E-state index in [9.17, 15) is 24.0 Å². The van der Waals surface area contributed by atoms with E-state index in [0.29, 0.717) is 24.2 Å². The summed E-state index contributed by atoms with van der Waals surface area (Å²) in [5, 5.41) is 16.0. The summed E-state index contributed by atoms with van der Waals surface area (Å²) in [5.74, 6) is -1.93. The Morgan fingerprint density at radius 1 is 1.05 bits per heavy atom. The topological polar surface area (TPSA) is 171 Å². The van der Waals surface area contributed by atoms with Crippen LogP contribution in [0.3, 0.4) is 0 Å². The largest absolute Gasteiger partial charge is 0.478 e. The second-order valence-corrected chi connectivity index (χ2v) is 8.49. The molecule has 5 rings (SSSR count). The van der Waals surface area contributed by atoms with Gasteiger partial charge in [-0.2, -0.15) is 0 Å². The minimum Gasteiger partial charge on any atom is -0.478 e. The molecule has 38 heavy (non-hydrogen) atoms. The number of aromatic carboxylic acids is 1. The van der Waals surface area contributed by atoms with Crippen LogP contribution in [0, 0.1) is 0 Å². The van der Waals surface area contributed by atoms with Gasteiger partial charge in [0.2, 0.25) is 11.8 Å². The van der Waals surface area contributed by atoms with Crippen molar-refractivity contribution in [2.24, 2.45) is 0 Å². The molecule has 4 N–H and O–H groups in total. The summed E-state index contributed by atoms with van der Waals surface area (Å²) in [7, 11) is 0. The first kappa shape index (κ1) is 25.9. The zero-order chi connectivity index (χ0) is 27.1. The van der Waals surface area contributed by atoms with Crippen LogP contribution in [0.4, 0.5) is 10.5 Å². The lowest BCUT2D eigenvalue weighted by atomic mass is 10.0. The third-order valence-electron chi connectivity index (χ3n) is 5.87. The maximum Gasteiger partial charge on any atom is 0.337 e. The Labute approximate surface area is 217 Å². The number of piperidine rings is 1. The molecule has 2 aromatic heterocycles. The van der Waals surface area contributed by atoms with Crippen LogP contribution in [0.5, 0.6) is 0 Å². The van der Waals surface area contributed by atoms with Gasteiger partial charge in [-0.3, -0.25) is 29.7 Å². The summed E-state index contributed by atoms with van der Waals surface area (Å²) in [5.41, 5.74) is 2.90. The van der Waals surface area contributed by atoms with Crippen molar-refractivity contribution in [2.75, 3.05) is 5.32 Å². The number of carbonyl (C=O) groups is 5. The van der Waals surface area contributed by atoms with E-state index < -0.39 is 17.9 Å². The van der Waals surface area contributed by atoms with Gasteiger partial charge < -0.3 is 20.6 Å². The fraction of sp³-hybridized carbons (Fsp3) is 0.192. The molecule has 0 spiro atoms. The number of amides is 5. The molecule has 1 saturated heterocycles. The molecule has 1 unspecified atom stereocenters. The molecule has 0 radical (unpaired) electrons. The number of benzene rings is 1. The number of imide groups is 1. The van der Waals surface area contributed by atoms with Crippen molar-refractivity contribution in [3.63, 3.8) is 0 Å². The number of aromatic nitrogens is 2. The van der Waals surface area contributed by atoms with Gasteiger partial charge in [-0.25, -0.2) is 9.59 Å². The Kier molecular flexibility index (Phi) is 8.01. The van der Waals surface area contributed by atoms with E-state index in [0.717, 1.165) is 11.1 Å². The Morgan fingerprint density at radius 3 is 2.45 bits per heavy atom. The number of rotatable bonds is 5. The summed E-state index contributed by atoms with van der Waals surface area (Å²) in [6, 6.07) is 10.9. The van der Waals surface area contributed by atoms with Crippen LogP contribution in [-0.2, 0) is 22.7 Å². The molecule has 2 aliphatic rings. The first-order valence-electron chi connectivity index (χ1n) is 11.7. The van der Waals surface area contributed by atoms with E-state index >= 15 is 0 Å². The standard InChI is InChI=1S/C20H19N5O4.C6H5NO2/c26-17-6-5-16(18(27)24-17)25-11-13-4-3-12(8-15(13)19(25)28)9-22-20(29)23-14-2-1-7-21-10-14;8-6(9)5-2-1-3-7-4-5/h1-4,7-8,10,16H,5-6,9,11H2,(H2,22,23,29)(H,24,26,27);1-4H,(H,8,9). The highest BCUT2D eigenvalue weighted by atomic mass is 16.4. The molecule has 5 amide bonds. The minimum atomic E-state index is -0.942. The number of carboxylic acid groups (broad SMARTS) is 1. The molecule has 12 nitrogen and oxygen atoms in total. The minimum absolute atomic E-state index is 0.220. The molecule has 1 fully saturated rings. The average molecular weight is 517 g/mol. The molecular formula is C26H24N6O6. The van der Waals surface area contributed by atoms with E-state index in [1.165, 1.54) is 29.6 Å². The number of hydrogen-bond acceptors (Lipinski definition) is 7. The normalized spacial score (nSPS) is 16.1. The van der Waals surface area contributed by atoms with E-state index in [1.54, 1.807) is 30.5 Å². The van der Waals surface area contributed by atoms with Crippen molar-refractivity contribution in [3.05, 3.63) is 89.5 Å². The zero-order valence-electron chi connectivity index (χ0n) is 20.1. The monoisotopic (exact) mass is 516 g/mol. The van der Waals surface area contributed by atoms with E-state index in [-0.39, 0.29) is 36.4 Å². The highest BCUT2D eigenvalue weighted by Crippen LogP contribution is 2.28. The number of nitrogens with one attached hydrogen (secondary N) is 3. The van der Waals surface area contributed by atoms with Crippen LogP contribution in [-0.4, -0.2) is 55.7 Å². The Bertz CT molecular complexity index is 1370. The maximum atomic E-state index is 12.8. The van der Waals surface area contributed by atoms with Gasteiger partial charge in [0.15, 0.2) is 0 Å². The SMILES string of the molecule is O=C(O)c1cccnc1.O=C1CCC(N2Cc3ccc(CNC(=O)Nc4cccnc4)cc3C2=O)C(=O)N1. The molecular weight excluding hydrogens is 492 g/mol. The van der Waals surface area contributed by atoms with Crippen molar-refractivity contribution in [1.82, 2.24) is 25.5 Å². The molecule has 0 saturated carbocycles. The Morgan fingerprint density at radius 2 is 1.82 bits per heavy atom. The lowest BCUT2D eigenvalue weighted by Gasteiger charge is -2.29. The van der Waals surface area contributed by atoms with E-state index in [1.807, 2.05) is 12.1 Å². The second kappa shape index (κ2) is 11.7. The smallest absolute Gasteiger partial charge is 0.337 e. The van der Waals surface area contributed by atoms with E-state index in [2.05, 4.69) is 25.9 Å². The number of nitrogens with zero attached hydrogens (tertiary/aromatic N) is 3. The number of anilines is 1. The molecule has 0 bridgehead atoms. The predicted molar refractivity (Wildman–Crippen MR) is 134 cm³/mol. The van der Waals surface area contributed by atoms with Crippen LogP contribution in [0.25, 0.3) is 0 Å². The highest BCUT2D eigenvalue weighted by Gasteiger charge is 2.39. The van der Waals surface area contributed by atoms with Gasteiger partial charge >= 0.3 is 12.0 Å². The number of fused-ring (bicyclic) bond motifs is 1. The average Bonchev–Trinajstić information content (AvgIpc) is 3.24. The van der Waals surface area contributed by atoms with Crippen molar-refractivity contribution in [2.45, 2.75) is 32.0 Å². The molecule has 4 heterocycles.